The maximum Gasteiger partial charge on any atom is 0.354 e. The molecule has 0 heterocycles. The van der Waals surface area contributed by atoms with Gasteiger partial charge in [-0.3, -0.25) is 20.4 Å². The molecule has 0 aromatic heterocycles. The molecular weight excluding hydrogens is 452 g/mol. The maximum absolute atomic E-state index is 13.3. The summed E-state index contributed by atoms with van der Waals surface area (Å²) in [4.78, 5) is 37.9. The molecule has 1 aliphatic carbocycles. The Morgan fingerprint density at radius 3 is 2.08 bits per heavy atom. The minimum Gasteiger partial charge on any atom is -0.272 e. The SMILES string of the molecule is CCCCCCCCCCCCC1(C(=O)NN(C)C(=O)NNC(=O)c2ccccc2)C=CC(C)=CC1. The van der Waals surface area contributed by atoms with Crippen LogP contribution in [0.5, 0.6) is 0 Å². The molecule has 2 rings (SSSR count). The Kier molecular flexibility index (Phi) is 12.8. The highest BCUT2D eigenvalue weighted by molar-refractivity contribution is 5.95. The standard InChI is InChI=1S/C29H44N4O3/c1-4-5-6-7-8-9-10-11-12-16-21-29(22-19-24(2)20-23-29)27(35)32-33(3)28(36)31-30-26(34)25-17-14-13-15-18-25/h13-15,17-20,22H,4-12,16,21,23H2,1-3H3,(H,30,34)(H,31,36)(H,32,35). The molecule has 1 atom stereocenters. The van der Waals surface area contributed by atoms with Crippen LogP contribution in [0.4, 0.5) is 4.79 Å². The highest BCUT2D eigenvalue weighted by Gasteiger charge is 2.36. The molecule has 4 amide bonds. The van der Waals surface area contributed by atoms with Crippen molar-refractivity contribution < 1.29 is 14.4 Å². The topological polar surface area (TPSA) is 90.5 Å². The van der Waals surface area contributed by atoms with Crippen LogP contribution in [0.3, 0.4) is 0 Å². The van der Waals surface area contributed by atoms with Gasteiger partial charge in [-0.2, -0.15) is 0 Å². The van der Waals surface area contributed by atoms with Crippen LogP contribution in [0.2, 0.25) is 0 Å². The number of hydrogen-bond donors (Lipinski definition) is 3. The van der Waals surface area contributed by atoms with Gasteiger partial charge in [0.25, 0.3) is 5.91 Å². The third kappa shape index (κ3) is 9.88. The normalized spacial score (nSPS) is 16.7. The van der Waals surface area contributed by atoms with E-state index < -0.39 is 17.4 Å². The minimum absolute atomic E-state index is 0.217. The summed E-state index contributed by atoms with van der Waals surface area (Å²) in [6.07, 6.45) is 19.8. The second-order valence-electron chi connectivity index (χ2n) is 9.82. The lowest BCUT2D eigenvalue weighted by Crippen LogP contribution is -2.55. The Bertz CT molecular complexity index is 897. The first-order valence-electron chi connectivity index (χ1n) is 13.4. The van der Waals surface area contributed by atoms with Crippen LogP contribution < -0.4 is 16.3 Å². The molecule has 1 unspecified atom stereocenters. The van der Waals surface area contributed by atoms with Crippen molar-refractivity contribution in [2.45, 2.75) is 90.9 Å². The van der Waals surface area contributed by atoms with Crippen LogP contribution >= 0.6 is 0 Å². The van der Waals surface area contributed by atoms with E-state index in [2.05, 4.69) is 29.3 Å². The highest BCUT2D eigenvalue weighted by atomic mass is 16.2. The minimum atomic E-state index is -0.679. The van der Waals surface area contributed by atoms with E-state index in [1.54, 1.807) is 30.3 Å². The molecule has 0 saturated heterocycles. The zero-order valence-corrected chi connectivity index (χ0v) is 22.3. The predicted molar refractivity (Wildman–Crippen MR) is 145 cm³/mol. The van der Waals surface area contributed by atoms with E-state index >= 15 is 0 Å². The molecule has 3 N–H and O–H groups in total. The fraction of sp³-hybridized carbons (Fsp3) is 0.552. The lowest BCUT2D eigenvalue weighted by atomic mass is 9.75. The van der Waals surface area contributed by atoms with Crippen molar-refractivity contribution in [2.75, 3.05) is 7.05 Å². The Morgan fingerprint density at radius 1 is 0.889 bits per heavy atom. The van der Waals surface area contributed by atoms with Crippen molar-refractivity contribution in [2.24, 2.45) is 5.41 Å². The molecule has 1 aliphatic rings. The van der Waals surface area contributed by atoms with E-state index in [-0.39, 0.29) is 5.91 Å². The molecule has 0 fully saturated rings. The molecule has 0 spiro atoms. The van der Waals surface area contributed by atoms with Crippen LogP contribution in [0.15, 0.2) is 54.1 Å². The van der Waals surface area contributed by atoms with Gasteiger partial charge in [0.05, 0.1) is 5.41 Å². The number of rotatable bonds is 13. The fourth-order valence-electron chi connectivity index (χ4n) is 4.34. The summed E-state index contributed by atoms with van der Waals surface area (Å²) in [5.41, 5.74) is 8.29. The zero-order chi connectivity index (χ0) is 26.2. The first kappa shape index (κ1) is 29.1. The number of hydrogen-bond acceptors (Lipinski definition) is 3. The van der Waals surface area contributed by atoms with Gasteiger partial charge in [-0.15, -0.1) is 0 Å². The Balaban J connectivity index is 1.79. The molecule has 0 radical (unpaired) electrons. The Morgan fingerprint density at radius 2 is 1.50 bits per heavy atom. The maximum atomic E-state index is 13.3. The van der Waals surface area contributed by atoms with Crippen molar-refractivity contribution in [1.82, 2.24) is 21.3 Å². The van der Waals surface area contributed by atoms with Gasteiger partial charge in [-0.1, -0.05) is 113 Å². The van der Waals surface area contributed by atoms with Crippen molar-refractivity contribution in [3.8, 4) is 0 Å². The summed E-state index contributed by atoms with van der Waals surface area (Å²) in [7, 11) is 1.46. The van der Waals surface area contributed by atoms with E-state index in [9.17, 15) is 14.4 Å². The molecule has 0 bridgehead atoms. The molecule has 7 nitrogen and oxygen atoms in total. The Hall–Kier alpha value is -3.09. The van der Waals surface area contributed by atoms with Crippen LogP contribution in [-0.2, 0) is 4.79 Å². The second-order valence-corrected chi connectivity index (χ2v) is 9.82. The number of carbonyl (C=O) groups is 3. The predicted octanol–water partition coefficient (Wildman–Crippen LogP) is 6.21. The number of benzene rings is 1. The molecule has 36 heavy (non-hydrogen) atoms. The number of hydrazine groups is 2. The van der Waals surface area contributed by atoms with Gasteiger partial charge in [-0.05, 0) is 31.9 Å². The smallest absolute Gasteiger partial charge is 0.272 e. The molecule has 198 valence electrons. The average Bonchev–Trinajstić information content (AvgIpc) is 2.89. The van der Waals surface area contributed by atoms with Crippen LogP contribution in [-0.4, -0.2) is 29.9 Å². The van der Waals surface area contributed by atoms with Gasteiger partial charge < -0.3 is 0 Å². The molecule has 1 aromatic rings. The largest absolute Gasteiger partial charge is 0.354 e. The summed E-state index contributed by atoms with van der Waals surface area (Å²) in [6.45, 7) is 4.26. The third-order valence-electron chi connectivity index (χ3n) is 6.78. The summed E-state index contributed by atoms with van der Waals surface area (Å²) in [6, 6.07) is 7.95. The van der Waals surface area contributed by atoms with E-state index in [1.165, 1.54) is 58.4 Å². The van der Waals surface area contributed by atoms with Gasteiger partial charge >= 0.3 is 6.03 Å². The van der Waals surface area contributed by atoms with E-state index in [0.29, 0.717) is 12.0 Å². The summed E-state index contributed by atoms with van der Waals surface area (Å²) < 4.78 is 0. The molecule has 0 aliphatic heterocycles. The monoisotopic (exact) mass is 496 g/mol. The summed E-state index contributed by atoms with van der Waals surface area (Å²) >= 11 is 0. The van der Waals surface area contributed by atoms with Gasteiger partial charge in [0.15, 0.2) is 0 Å². The lowest BCUT2D eigenvalue weighted by molar-refractivity contribution is -0.132. The number of allylic oxidation sites excluding steroid dienone is 3. The van der Waals surface area contributed by atoms with Gasteiger partial charge in [0.1, 0.15) is 0 Å². The van der Waals surface area contributed by atoms with Crippen molar-refractivity contribution >= 4 is 17.8 Å². The average molecular weight is 497 g/mol. The highest BCUT2D eigenvalue weighted by Crippen LogP contribution is 2.36. The molecule has 1 aromatic carbocycles. The van der Waals surface area contributed by atoms with Crippen molar-refractivity contribution in [3.05, 3.63) is 59.7 Å². The van der Waals surface area contributed by atoms with E-state index in [0.717, 1.165) is 29.8 Å². The first-order chi connectivity index (χ1) is 17.4. The number of unbranched alkanes of at least 4 members (excludes halogenated alkanes) is 9. The molecular formula is C29H44N4O3. The lowest BCUT2D eigenvalue weighted by Gasteiger charge is -2.33. The number of nitrogens with one attached hydrogen (secondary N) is 3. The zero-order valence-electron chi connectivity index (χ0n) is 22.3. The van der Waals surface area contributed by atoms with Crippen LogP contribution in [0, 0.1) is 5.41 Å². The van der Waals surface area contributed by atoms with E-state index in [1.807, 2.05) is 19.1 Å². The van der Waals surface area contributed by atoms with Crippen LogP contribution in [0.25, 0.3) is 0 Å². The Labute approximate surface area is 216 Å². The first-order valence-corrected chi connectivity index (χ1v) is 13.4. The third-order valence-corrected chi connectivity index (χ3v) is 6.78. The van der Waals surface area contributed by atoms with Gasteiger partial charge in [-0.25, -0.2) is 15.2 Å². The van der Waals surface area contributed by atoms with Crippen molar-refractivity contribution in [1.29, 1.82) is 0 Å². The fourth-order valence-corrected chi connectivity index (χ4v) is 4.34. The van der Waals surface area contributed by atoms with E-state index in [4.69, 9.17) is 0 Å². The number of urea groups is 1. The molecule has 0 saturated carbocycles. The second kappa shape index (κ2) is 15.8. The molecule has 7 heteroatoms. The number of amides is 4. The van der Waals surface area contributed by atoms with Gasteiger partial charge in [0, 0.05) is 12.6 Å². The summed E-state index contributed by atoms with van der Waals surface area (Å²) in [5.74, 6) is -0.651. The quantitative estimate of drug-likeness (QED) is 0.224. The van der Waals surface area contributed by atoms with Crippen LogP contribution in [0.1, 0.15) is 101 Å². The number of nitrogens with zero attached hydrogens (tertiary/aromatic N) is 1. The number of carbonyl (C=O) groups excluding carboxylic acids is 3. The van der Waals surface area contributed by atoms with Crippen molar-refractivity contribution in [3.63, 3.8) is 0 Å². The summed E-state index contributed by atoms with van der Waals surface area (Å²) in [5, 5.41) is 1.08. The van der Waals surface area contributed by atoms with Gasteiger partial charge in [0.2, 0.25) is 5.91 Å².